The van der Waals surface area contributed by atoms with Crippen LogP contribution >= 0.6 is 0 Å². The molecule has 0 bridgehead atoms. The molecule has 1 aliphatic heterocycles. The zero-order valence-electron chi connectivity index (χ0n) is 13.1. The third kappa shape index (κ3) is 2.72. The number of aromatic nitrogens is 5. The van der Waals surface area contributed by atoms with E-state index in [2.05, 4.69) is 46.5 Å². The standard InChI is InChI=1S/C16H16N7.Al/c17-4-1-14(11-2-5-18-7-11)23-9-12(8-22-23)15-13-3-6-19-16(13)21-10-20-15;/h3,6,8-11,14H,1-2,5,7H2,(H,19,20,21);/q-1;+1. The fourth-order valence-electron chi connectivity index (χ4n) is 3.44. The lowest BCUT2D eigenvalue weighted by Gasteiger charge is -2.22. The van der Waals surface area contributed by atoms with Crippen molar-refractivity contribution in [1.29, 1.82) is 5.26 Å². The van der Waals surface area contributed by atoms with E-state index in [1.165, 1.54) is 0 Å². The van der Waals surface area contributed by atoms with E-state index in [1.54, 1.807) is 6.33 Å². The zero-order valence-corrected chi connectivity index (χ0v) is 14.3. The molecule has 1 saturated heterocycles. The molecule has 8 heteroatoms. The maximum atomic E-state index is 9.23. The van der Waals surface area contributed by atoms with Crippen LogP contribution in [0.5, 0.6) is 0 Å². The summed E-state index contributed by atoms with van der Waals surface area (Å²) < 4.78 is 4.17. The molecule has 0 spiro atoms. The van der Waals surface area contributed by atoms with Gasteiger partial charge >= 0.3 is 0 Å². The van der Waals surface area contributed by atoms with Crippen LogP contribution in [-0.2, 0) is 0 Å². The van der Waals surface area contributed by atoms with Crippen LogP contribution in [0.4, 0.5) is 0 Å². The quantitative estimate of drug-likeness (QED) is 0.734. The van der Waals surface area contributed by atoms with E-state index in [-0.39, 0.29) is 6.04 Å². The van der Waals surface area contributed by atoms with Crippen molar-refractivity contribution in [2.75, 3.05) is 13.1 Å². The number of hydrogen-bond donors (Lipinski definition) is 1. The number of nitrogens with one attached hydrogen (secondary N) is 1. The first-order chi connectivity index (χ1) is 11.8. The summed E-state index contributed by atoms with van der Waals surface area (Å²) in [6.07, 6.45) is 8.79. The largest absolute Gasteiger partial charge is 0.402 e. The molecule has 2 unspecified atom stereocenters. The lowest BCUT2D eigenvalue weighted by molar-refractivity contribution is 0.319. The van der Waals surface area contributed by atoms with Gasteiger partial charge in [0.1, 0.15) is 12.0 Å². The highest BCUT2D eigenvalue weighted by Gasteiger charge is 2.29. The van der Waals surface area contributed by atoms with E-state index in [9.17, 15) is 5.26 Å². The Morgan fingerprint density at radius 3 is 3.17 bits per heavy atom. The minimum Gasteiger partial charge on any atom is -0.402 e. The van der Waals surface area contributed by atoms with Crippen LogP contribution in [0.3, 0.4) is 0 Å². The van der Waals surface area contributed by atoms with Gasteiger partial charge in [0.05, 0.1) is 30.4 Å². The molecule has 2 radical (unpaired) electrons. The molecule has 1 fully saturated rings. The molecular formula is C16H16AlN7. The average Bonchev–Trinajstić information content (AvgIpc) is 3.32. The summed E-state index contributed by atoms with van der Waals surface area (Å²) in [7, 11) is 0. The summed E-state index contributed by atoms with van der Waals surface area (Å²) >= 11 is 2.75. The molecule has 1 aliphatic rings. The summed E-state index contributed by atoms with van der Waals surface area (Å²) in [6.45, 7) is 2.02. The molecule has 3 aromatic rings. The minimum absolute atomic E-state index is 0.0952. The zero-order chi connectivity index (χ0) is 16.5. The number of H-pyrrole nitrogens is 1. The van der Waals surface area contributed by atoms with Crippen LogP contribution in [0.15, 0.2) is 31.0 Å². The number of nitrogens with zero attached hydrogens (tertiary/aromatic N) is 6. The summed E-state index contributed by atoms with van der Waals surface area (Å²) in [5, 5.41) is 14.7. The predicted molar refractivity (Wildman–Crippen MR) is 89.8 cm³/mol. The minimum atomic E-state index is 0.0952. The Morgan fingerprint density at radius 1 is 1.46 bits per heavy atom. The molecular weight excluding hydrogens is 317 g/mol. The van der Waals surface area contributed by atoms with Gasteiger partial charge in [-0.2, -0.15) is 10.4 Å². The van der Waals surface area contributed by atoms with Crippen LogP contribution < -0.4 is 0 Å². The number of nitriles is 1. The average molecular weight is 333 g/mol. The summed E-state index contributed by atoms with van der Waals surface area (Å²) in [5.41, 5.74) is 2.63. The number of fused-ring (bicyclic) bond motifs is 1. The fourth-order valence-corrected chi connectivity index (χ4v) is 3.86. The van der Waals surface area contributed by atoms with Gasteiger partial charge in [-0.1, -0.05) is 0 Å². The highest BCUT2D eigenvalue weighted by Crippen LogP contribution is 2.31. The van der Waals surface area contributed by atoms with Gasteiger partial charge < -0.3 is 8.87 Å². The van der Waals surface area contributed by atoms with Crippen LogP contribution in [0.25, 0.3) is 22.3 Å². The van der Waals surface area contributed by atoms with Crippen molar-refractivity contribution in [1.82, 2.24) is 28.6 Å². The summed E-state index contributed by atoms with van der Waals surface area (Å²) in [5.74, 6) is 0.438. The monoisotopic (exact) mass is 333 g/mol. The highest BCUT2D eigenvalue weighted by atomic mass is 27.1. The Kier molecular flexibility index (Phi) is 4.07. The van der Waals surface area contributed by atoms with Gasteiger partial charge in [0.2, 0.25) is 0 Å². The van der Waals surface area contributed by atoms with E-state index in [0.29, 0.717) is 12.3 Å². The van der Waals surface area contributed by atoms with Crippen LogP contribution in [-0.4, -0.2) is 58.2 Å². The third-order valence-corrected chi connectivity index (χ3v) is 5.14. The molecule has 24 heavy (non-hydrogen) atoms. The Bertz CT molecular complexity index is 893. The molecule has 4 heterocycles. The van der Waals surface area contributed by atoms with E-state index in [0.717, 1.165) is 41.8 Å². The molecule has 0 amide bonds. The van der Waals surface area contributed by atoms with Gasteiger partial charge in [-0.3, -0.25) is 4.68 Å². The smallest absolute Gasteiger partial charge is 0.255 e. The Balaban J connectivity index is 1.68. The van der Waals surface area contributed by atoms with Crippen LogP contribution in [0.1, 0.15) is 18.9 Å². The first kappa shape index (κ1) is 15.3. The predicted octanol–water partition coefficient (Wildman–Crippen LogP) is 1.68. The van der Waals surface area contributed by atoms with Gasteiger partial charge in [-0.15, -0.1) is 0 Å². The molecule has 0 aromatic carbocycles. The number of rotatable bonds is 4. The van der Waals surface area contributed by atoms with Crippen molar-refractivity contribution in [2.24, 2.45) is 5.92 Å². The normalized spacial score (nSPS) is 19.5. The SMILES string of the molecule is N#CCC(C1CC[N]([Al])C1)n1cc(-c2ncnc3[nH]ccc23)cn1. The Morgan fingerprint density at radius 2 is 2.38 bits per heavy atom. The van der Waals surface area contributed by atoms with Gasteiger partial charge in [-0.25, -0.2) is 9.97 Å². The van der Waals surface area contributed by atoms with Gasteiger partial charge in [-0.05, 0) is 31.5 Å². The lowest BCUT2D eigenvalue weighted by Crippen LogP contribution is -2.23. The van der Waals surface area contributed by atoms with Gasteiger partial charge in [0.25, 0.3) is 16.5 Å². The topological polar surface area (TPSA) is 86.4 Å². The van der Waals surface area contributed by atoms with Crippen molar-refractivity contribution in [3.05, 3.63) is 31.0 Å². The maximum Gasteiger partial charge on any atom is 0.255 e. The van der Waals surface area contributed by atoms with E-state index in [1.807, 2.05) is 29.3 Å². The molecule has 4 rings (SSSR count). The first-order valence-corrected chi connectivity index (χ1v) is 8.47. The van der Waals surface area contributed by atoms with Crippen molar-refractivity contribution in [3.8, 4) is 17.3 Å². The third-order valence-electron chi connectivity index (χ3n) is 4.67. The molecule has 0 aliphatic carbocycles. The van der Waals surface area contributed by atoms with Crippen molar-refractivity contribution < 1.29 is 0 Å². The molecule has 7 nitrogen and oxygen atoms in total. The number of hydrogen-bond acceptors (Lipinski definition) is 5. The van der Waals surface area contributed by atoms with E-state index in [4.69, 9.17) is 0 Å². The van der Waals surface area contributed by atoms with Crippen molar-refractivity contribution >= 4 is 27.5 Å². The Labute approximate surface area is 148 Å². The fraction of sp³-hybridized carbons (Fsp3) is 0.375. The van der Waals surface area contributed by atoms with Crippen molar-refractivity contribution in [2.45, 2.75) is 18.9 Å². The maximum absolute atomic E-state index is 9.23. The van der Waals surface area contributed by atoms with Gasteiger partial charge in [0.15, 0.2) is 0 Å². The van der Waals surface area contributed by atoms with E-state index < -0.39 is 0 Å². The van der Waals surface area contributed by atoms with Crippen LogP contribution in [0.2, 0.25) is 0 Å². The van der Waals surface area contributed by atoms with E-state index >= 15 is 0 Å². The molecule has 3 aromatic heterocycles. The lowest BCUT2D eigenvalue weighted by atomic mass is 9.97. The second-order valence-corrected chi connectivity index (χ2v) is 6.87. The highest BCUT2D eigenvalue weighted by molar-refractivity contribution is 6.04. The second kappa shape index (κ2) is 6.37. The summed E-state index contributed by atoms with van der Waals surface area (Å²) in [6, 6.07) is 4.38. The first-order valence-electron chi connectivity index (χ1n) is 7.95. The summed E-state index contributed by atoms with van der Waals surface area (Å²) in [4.78, 5) is 11.7. The van der Waals surface area contributed by atoms with Crippen LogP contribution in [0, 0.1) is 17.2 Å². The number of aromatic amines is 1. The van der Waals surface area contributed by atoms with Gasteiger partial charge in [0, 0.05) is 23.3 Å². The molecule has 118 valence electrons. The Hall–Kier alpha value is -2.19. The molecule has 0 saturated carbocycles. The second-order valence-electron chi connectivity index (χ2n) is 6.14. The molecule has 2 atom stereocenters. The van der Waals surface area contributed by atoms with Crippen molar-refractivity contribution in [3.63, 3.8) is 0 Å². The molecule has 1 N–H and O–H groups in total.